The van der Waals surface area contributed by atoms with Crippen LogP contribution in [-0.2, 0) is 7.05 Å². The molecule has 0 aliphatic carbocycles. The van der Waals surface area contributed by atoms with Crippen molar-refractivity contribution in [2.24, 2.45) is 7.05 Å². The van der Waals surface area contributed by atoms with Crippen molar-refractivity contribution in [2.75, 3.05) is 12.8 Å². The lowest BCUT2D eigenvalue weighted by molar-refractivity contribution is 0.364. The number of hydrogen-bond donors (Lipinski definition) is 1. The predicted molar refractivity (Wildman–Crippen MR) is 53.8 cm³/mol. The molecule has 2 heterocycles. The molecular formula is C7H9N5OS. The number of rotatable bonds is 1. The summed E-state index contributed by atoms with van der Waals surface area (Å²) in [5, 5.41) is 4.11. The minimum Gasteiger partial charge on any atom is -0.467 e. The van der Waals surface area contributed by atoms with Crippen LogP contribution in [-0.4, -0.2) is 26.3 Å². The summed E-state index contributed by atoms with van der Waals surface area (Å²) in [6.45, 7) is 0. The summed E-state index contributed by atoms with van der Waals surface area (Å²) in [6.07, 6.45) is 0. The molecule has 14 heavy (non-hydrogen) atoms. The Bertz CT molecular complexity index is 543. The van der Waals surface area contributed by atoms with E-state index >= 15 is 0 Å². The molecule has 0 fully saturated rings. The number of aryl methyl sites for hydroxylation is 1. The smallest absolute Gasteiger partial charge is 0.315 e. The van der Waals surface area contributed by atoms with E-state index in [1.807, 2.05) is 7.05 Å². The van der Waals surface area contributed by atoms with Crippen LogP contribution in [0.2, 0.25) is 0 Å². The zero-order chi connectivity index (χ0) is 10.3. The fourth-order valence-electron chi connectivity index (χ4n) is 1.24. The fraction of sp³-hybridized carbons (Fsp3) is 0.286. The number of methoxy groups -OCH3 is 1. The molecule has 0 spiro atoms. The highest BCUT2D eigenvalue weighted by Crippen LogP contribution is 2.13. The molecule has 0 atom stereocenters. The normalized spacial score (nSPS) is 10.7. The summed E-state index contributed by atoms with van der Waals surface area (Å²) in [7, 11) is 3.36. The number of fused-ring (bicyclic) bond motifs is 1. The molecule has 2 aromatic heterocycles. The Morgan fingerprint density at radius 1 is 1.57 bits per heavy atom. The van der Waals surface area contributed by atoms with E-state index in [0.717, 1.165) is 5.65 Å². The van der Waals surface area contributed by atoms with Gasteiger partial charge >= 0.3 is 6.01 Å². The minimum atomic E-state index is 0.318. The highest BCUT2D eigenvalue weighted by Gasteiger charge is 2.08. The van der Waals surface area contributed by atoms with Crippen LogP contribution in [0.4, 0.5) is 5.82 Å². The molecule has 0 bridgehead atoms. The van der Waals surface area contributed by atoms with E-state index in [-0.39, 0.29) is 0 Å². The van der Waals surface area contributed by atoms with Gasteiger partial charge in [0.05, 0.1) is 7.11 Å². The average Bonchev–Trinajstić information content (AvgIpc) is 2.44. The number of anilines is 1. The van der Waals surface area contributed by atoms with E-state index in [2.05, 4.69) is 10.1 Å². The van der Waals surface area contributed by atoms with Crippen LogP contribution < -0.4 is 10.5 Å². The summed E-state index contributed by atoms with van der Waals surface area (Å²) in [4.78, 5) is 3.91. The number of nitrogens with zero attached hydrogens (tertiary/aromatic N) is 4. The van der Waals surface area contributed by atoms with Crippen molar-refractivity contribution in [2.45, 2.75) is 0 Å². The van der Waals surface area contributed by atoms with Gasteiger partial charge in [-0.05, 0) is 12.2 Å². The molecule has 2 rings (SSSR count). The first-order chi connectivity index (χ1) is 6.63. The Morgan fingerprint density at radius 3 is 2.93 bits per heavy atom. The van der Waals surface area contributed by atoms with Crippen LogP contribution >= 0.6 is 12.2 Å². The molecule has 0 saturated carbocycles. The molecule has 0 saturated heterocycles. The number of hydrogen-bond acceptors (Lipinski definition) is 5. The maximum Gasteiger partial charge on any atom is 0.315 e. The van der Waals surface area contributed by atoms with E-state index in [9.17, 15) is 0 Å². The van der Waals surface area contributed by atoms with Crippen molar-refractivity contribution >= 4 is 23.7 Å². The molecule has 0 aliphatic heterocycles. The number of ether oxygens (including phenoxy) is 1. The van der Waals surface area contributed by atoms with E-state index in [1.54, 1.807) is 17.7 Å². The average molecular weight is 211 g/mol. The van der Waals surface area contributed by atoms with Gasteiger partial charge in [-0.15, -0.1) is 5.10 Å². The van der Waals surface area contributed by atoms with Gasteiger partial charge in [0.2, 0.25) is 4.77 Å². The van der Waals surface area contributed by atoms with E-state index in [4.69, 9.17) is 22.7 Å². The van der Waals surface area contributed by atoms with Gasteiger partial charge in [-0.25, -0.2) is 4.98 Å². The zero-order valence-corrected chi connectivity index (χ0v) is 8.58. The molecule has 0 aromatic carbocycles. The Kier molecular flexibility index (Phi) is 1.88. The molecule has 0 aliphatic rings. The van der Waals surface area contributed by atoms with E-state index in [0.29, 0.717) is 16.6 Å². The van der Waals surface area contributed by atoms with Crippen LogP contribution in [0.3, 0.4) is 0 Å². The lowest BCUT2D eigenvalue weighted by atomic mass is 10.5. The zero-order valence-electron chi connectivity index (χ0n) is 7.76. The molecular weight excluding hydrogens is 202 g/mol. The first-order valence-electron chi connectivity index (χ1n) is 3.89. The molecule has 2 N–H and O–H groups in total. The van der Waals surface area contributed by atoms with Gasteiger partial charge < -0.3 is 10.5 Å². The second-order valence-corrected chi connectivity index (χ2v) is 3.14. The summed E-state index contributed by atoms with van der Waals surface area (Å²) < 4.78 is 8.61. The van der Waals surface area contributed by atoms with Crippen molar-refractivity contribution in [1.82, 2.24) is 19.2 Å². The Morgan fingerprint density at radius 2 is 2.29 bits per heavy atom. The van der Waals surface area contributed by atoms with Gasteiger partial charge in [-0.3, -0.25) is 4.57 Å². The second-order valence-electron chi connectivity index (χ2n) is 2.78. The van der Waals surface area contributed by atoms with Crippen molar-refractivity contribution in [3.8, 4) is 6.01 Å². The number of nitrogen functional groups attached to an aromatic ring is 1. The third kappa shape index (κ3) is 1.13. The SMILES string of the molecule is COc1nn2c(=S)nc(N)cc2n1C. The Balaban J connectivity index is 2.92. The van der Waals surface area contributed by atoms with Crippen LogP contribution in [0, 0.1) is 4.77 Å². The Labute approximate surface area is 84.9 Å². The first-order valence-corrected chi connectivity index (χ1v) is 4.30. The summed E-state index contributed by atoms with van der Waals surface area (Å²) >= 11 is 5.00. The molecule has 0 unspecified atom stereocenters. The fourth-order valence-corrected chi connectivity index (χ4v) is 1.48. The molecule has 0 amide bonds. The van der Waals surface area contributed by atoms with Gasteiger partial charge in [0.25, 0.3) is 0 Å². The quantitative estimate of drug-likeness (QED) is 0.691. The maximum atomic E-state index is 5.57. The lowest BCUT2D eigenvalue weighted by Gasteiger charge is -1.97. The van der Waals surface area contributed by atoms with Crippen LogP contribution in [0.15, 0.2) is 6.07 Å². The third-order valence-corrected chi connectivity index (χ3v) is 2.16. The standard InChI is InChI=1S/C7H9N5OS/c1-11-5-3-4(8)9-7(14)12(5)10-6(11)13-2/h3H,1-2H3,(H2,8,9,14). The number of nitrogens with two attached hydrogens (primary N) is 1. The number of aromatic nitrogens is 4. The van der Waals surface area contributed by atoms with Crippen LogP contribution in [0.25, 0.3) is 5.65 Å². The van der Waals surface area contributed by atoms with Crippen LogP contribution in [0.1, 0.15) is 0 Å². The lowest BCUT2D eigenvalue weighted by Crippen LogP contribution is -1.99. The highest BCUT2D eigenvalue weighted by atomic mass is 32.1. The summed E-state index contributed by atoms with van der Waals surface area (Å²) in [5.41, 5.74) is 6.32. The third-order valence-electron chi connectivity index (χ3n) is 1.90. The summed E-state index contributed by atoms with van der Waals surface area (Å²) in [6, 6.07) is 2.15. The largest absolute Gasteiger partial charge is 0.467 e. The van der Waals surface area contributed by atoms with Gasteiger partial charge in [0, 0.05) is 13.1 Å². The van der Waals surface area contributed by atoms with Crippen LogP contribution in [0.5, 0.6) is 6.01 Å². The molecule has 0 radical (unpaired) electrons. The maximum absolute atomic E-state index is 5.57. The first kappa shape index (κ1) is 8.95. The second kappa shape index (κ2) is 2.95. The molecule has 7 heteroatoms. The van der Waals surface area contributed by atoms with Gasteiger partial charge in [0.15, 0.2) is 0 Å². The van der Waals surface area contributed by atoms with Crippen molar-refractivity contribution < 1.29 is 4.74 Å². The van der Waals surface area contributed by atoms with Crippen molar-refractivity contribution in [3.63, 3.8) is 0 Å². The molecule has 2 aromatic rings. The highest BCUT2D eigenvalue weighted by molar-refractivity contribution is 7.71. The van der Waals surface area contributed by atoms with E-state index < -0.39 is 0 Å². The van der Waals surface area contributed by atoms with Crippen molar-refractivity contribution in [1.29, 1.82) is 0 Å². The van der Waals surface area contributed by atoms with Gasteiger partial charge in [-0.1, -0.05) is 0 Å². The monoisotopic (exact) mass is 211 g/mol. The topological polar surface area (TPSA) is 70.4 Å². The van der Waals surface area contributed by atoms with E-state index in [1.165, 1.54) is 4.52 Å². The van der Waals surface area contributed by atoms with Gasteiger partial charge in [0.1, 0.15) is 11.5 Å². The molecule has 74 valence electrons. The Hall–Kier alpha value is -1.63. The predicted octanol–water partition coefficient (Wildman–Crippen LogP) is 0.388. The minimum absolute atomic E-state index is 0.318. The summed E-state index contributed by atoms with van der Waals surface area (Å²) in [5.74, 6) is 0.376. The van der Waals surface area contributed by atoms with Gasteiger partial charge in [-0.2, -0.15) is 4.52 Å². The van der Waals surface area contributed by atoms with Crippen molar-refractivity contribution in [3.05, 3.63) is 10.8 Å². The molecule has 6 nitrogen and oxygen atoms in total.